The monoisotopic (exact) mass is 353 g/mol. The maximum Gasteiger partial charge on any atom is 0.280 e. The molecule has 0 radical (unpaired) electrons. The molecule has 0 saturated carbocycles. The molecule has 1 amide bonds. The average Bonchev–Trinajstić information content (AvgIpc) is 3.10. The second kappa shape index (κ2) is 6.88. The van der Waals surface area contributed by atoms with E-state index in [-0.39, 0.29) is 29.4 Å². The van der Waals surface area contributed by atoms with Gasteiger partial charge in [0.1, 0.15) is 18.3 Å². The molecule has 4 atom stereocenters. The highest BCUT2D eigenvalue weighted by Crippen LogP contribution is 2.30. The first kappa shape index (κ1) is 17.5. The lowest BCUT2D eigenvalue weighted by atomic mass is 10.1. The molecule has 1 fully saturated rings. The number of aromatic amines is 1. The van der Waals surface area contributed by atoms with Crippen molar-refractivity contribution in [3.05, 3.63) is 16.7 Å². The smallest absolute Gasteiger partial charge is 0.280 e. The average molecular weight is 353 g/mol. The quantitative estimate of drug-likeness (QED) is 0.432. The number of aliphatic hydroxyl groups excluding tert-OH is 3. The van der Waals surface area contributed by atoms with Gasteiger partial charge in [-0.15, -0.1) is 0 Å². The number of hydrogen-bond acceptors (Lipinski definition) is 8. The van der Waals surface area contributed by atoms with E-state index >= 15 is 0 Å². The lowest BCUT2D eigenvalue weighted by Crippen LogP contribution is -2.33. The third-order valence-corrected chi connectivity index (χ3v) is 3.96. The minimum absolute atomic E-state index is 0.00812. The molecule has 0 bridgehead atoms. The Morgan fingerprint density at radius 1 is 1.44 bits per heavy atom. The number of amides is 1. The molecular formula is C14H19N5O6. The Kier molecular flexibility index (Phi) is 4.81. The van der Waals surface area contributed by atoms with Crippen LogP contribution in [-0.2, 0) is 9.53 Å². The molecule has 0 aliphatic carbocycles. The topological polar surface area (TPSA) is 163 Å². The van der Waals surface area contributed by atoms with Crippen molar-refractivity contribution < 1.29 is 24.9 Å². The molecule has 11 nitrogen and oxygen atoms in total. The number of nitrogens with one attached hydrogen (secondary N) is 2. The maximum atomic E-state index is 12.1. The number of nitrogens with zero attached hydrogens (tertiary/aromatic N) is 3. The summed E-state index contributed by atoms with van der Waals surface area (Å²) in [6, 6.07) is 0. The Bertz CT molecular complexity index is 833. The van der Waals surface area contributed by atoms with Crippen molar-refractivity contribution in [1.29, 1.82) is 0 Å². The third kappa shape index (κ3) is 3.14. The van der Waals surface area contributed by atoms with Crippen LogP contribution in [0.3, 0.4) is 0 Å². The Morgan fingerprint density at radius 2 is 2.20 bits per heavy atom. The lowest BCUT2D eigenvalue weighted by molar-refractivity contribution is -0.116. The number of aliphatic hydroxyl groups is 3. The fourth-order valence-electron chi connectivity index (χ4n) is 2.70. The zero-order chi connectivity index (χ0) is 18.1. The van der Waals surface area contributed by atoms with Gasteiger partial charge in [-0.05, 0) is 6.42 Å². The van der Waals surface area contributed by atoms with E-state index in [9.17, 15) is 24.9 Å². The summed E-state index contributed by atoms with van der Waals surface area (Å²) < 4.78 is 6.70. The first-order valence-electron chi connectivity index (χ1n) is 7.85. The number of aromatic nitrogens is 4. The molecule has 11 heteroatoms. The first-order chi connectivity index (χ1) is 12.0. The van der Waals surface area contributed by atoms with E-state index in [0.29, 0.717) is 6.42 Å². The number of rotatable bonds is 5. The Labute approximate surface area is 141 Å². The predicted molar refractivity (Wildman–Crippen MR) is 84.7 cm³/mol. The molecule has 3 rings (SSSR count). The van der Waals surface area contributed by atoms with Crippen molar-refractivity contribution >= 4 is 23.0 Å². The largest absolute Gasteiger partial charge is 0.394 e. The summed E-state index contributed by atoms with van der Waals surface area (Å²) >= 11 is 0. The van der Waals surface area contributed by atoms with Crippen molar-refractivity contribution in [2.24, 2.45) is 0 Å². The van der Waals surface area contributed by atoms with Crippen molar-refractivity contribution in [1.82, 2.24) is 19.5 Å². The highest BCUT2D eigenvalue weighted by Gasteiger charge is 2.44. The number of hydrogen-bond donors (Lipinski definition) is 5. The van der Waals surface area contributed by atoms with Gasteiger partial charge in [0.05, 0.1) is 12.9 Å². The van der Waals surface area contributed by atoms with Crippen LogP contribution in [0.1, 0.15) is 26.0 Å². The number of H-pyrrole nitrogens is 1. The van der Waals surface area contributed by atoms with Gasteiger partial charge in [-0.1, -0.05) is 6.92 Å². The fourth-order valence-corrected chi connectivity index (χ4v) is 2.70. The Morgan fingerprint density at radius 3 is 2.84 bits per heavy atom. The zero-order valence-corrected chi connectivity index (χ0v) is 13.4. The first-order valence-corrected chi connectivity index (χ1v) is 7.85. The van der Waals surface area contributed by atoms with Gasteiger partial charge in [0.25, 0.3) is 5.56 Å². The van der Waals surface area contributed by atoms with Crippen LogP contribution in [0.25, 0.3) is 11.2 Å². The number of imidazole rings is 1. The molecule has 1 aliphatic rings. The summed E-state index contributed by atoms with van der Waals surface area (Å²) in [4.78, 5) is 34.3. The van der Waals surface area contributed by atoms with E-state index in [1.165, 1.54) is 10.9 Å². The van der Waals surface area contributed by atoms with E-state index < -0.39 is 36.7 Å². The molecule has 1 aliphatic heterocycles. The number of ether oxygens (including phenoxy) is 1. The minimum Gasteiger partial charge on any atom is -0.394 e. The molecular weight excluding hydrogens is 334 g/mol. The molecule has 3 heterocycles. The van der Waals surface area contributed by atoms with Crippen LogP contribution >= 0.6 is 0 Å². The number of anilines is 1. The van der Waals surface area contributed by atoms with Gasteiger partial charge in [-0.2, -0.15) is 4.98 Å². The standard InChI is InChI=1S/C14H19N5O6/c1-2-3-7(21)16-14-17-11-8(12(24)18-14)15-5-19(11)13-10(23)9(22)6(4-20)25-13/h5-6,9-10,13,20,22-23H,2-4H2,1H3,(H2,16,17,18,21,24)/t6-,9-,10-,13-/m1/s1. The summed E-state index contributed by atoms with van der Waals surface area (Å²) in [7, 11) is 0. The van der Waals surface area contributed by atoms with Crippen LogP contribution in [0.4, 0.5) is 5.95 Å². The predicted octanol–water partition coefficient (Wildman–Crippen LogP) is -1.53. The maximum absolute atomic E-state index is 12.1. The van der Waals surface area contributed by atoms with Crippen LogP contribution < -0.4 is 10.9 Å². The molecule has 5 N–H and O–H groups in total. The second-order valence-corrected chi connectivity index (χ2v) is 5.77. The van der Waals surface area contributed by atoms with Crippen LogP contribution in [-0.4, -0.2) is 65.7 Å². The van der Waals surface area contributed by atoms with Gasteiger partial charge >= 0.3 is 0 Å². The van der Waals surface area contributed by atoms with Crippen molar-refractivity contribution in [2.75, 3.05) is 11.9 Å². The third-order valence-electron chi connectivity index (χ3n) is 3.96. The summed E-state index contributed by atoms with van der Waals surface area (Å²) in [5, 5.41) is 31.7. The molecule has 2 aromatic heterocycles. The van der Waals surface area contributed by atoms with Crippen LogP contribution in [0.5, 0.6) is 0 Å². The van der Waals surface area contributed by atoms with Crippen LogP contribution in [0, 0.1) is 0 Å². The molecule has 0 unspecified atom stereocenters. The van der Waals surface area contributed by atoms with Gasteiger partial charge in [0.2, 0.25) is 11.9 Å². The normalized spacial score (nSPS) is 26.2. The Hall–Kier alpha value is -2.34. The molecule has 1 saturated heterocycles. The number of carbonyl (C=O) groups is 1. The molecule has 2 aromatic rings. The van der Waals surface area contributed by atoms with Crippen molar-refractivity contribution in [3.8, 4) is 0 Å². The lowest BCUT2D eigenvalue weighted by Gasteiger charge is -2.16. The molecule has 136 valence electrons. The van der Waals surface area contributed by atoms with Gasteiger partial charge in [0.15, 0.2) is 17.4 Å². The Balaban J connectivity index is 1.98. The fraction of sp³-hybridized carbons (Fsp3) is 0.571. The summed E-state index contributed by atoms with van der Waals surface area (Å²) in [5.41, 5.74) is -0.501. The summed E-state index contributed by atoms with van der Waals surface area (Å²) in [6.07, 6.45) is -2.53. The highest BCUT2D eigenvalue weighted by molar-refractivity contribution is 5.89. The van der Waals surface area contributed by atoms with Gasteiger partial charge in [-0.25, -0.2) is 4.98 Å². The van der Waals surface area contributed by atoms with E-state index in [2.05, 4.69) is 20.3 Å². The zero-order valence-electron chi connectivity index (χ0n) is 13.4. The van der Waals surface area contributed by atoms with Gasteiger partial charge in [0, 0.05) is 6.42 Å². The van der Waals surface area contributed by atoms with Crippen molar-refractivity contribution in [3.63, 3.8) is 0 Å². The van der Waals surface area contributed by atoms with E-state index in [0.717, 1.165) is 0 Å². The van der Waals surface area contributed by atoms with Crippen LogP contribution in [0.2, 0.25) is 0 Å². The van der Waals surface area contributed by atoms with E-state index in [4.69, 9.17) is 4.74 Å². The molecule has 0 aromatic carbocycles. The van der Waals surface area contributed by atoms with E-state index in [1.807, 2.05) is 6.92 Å². The van der Waals surface area contributed by atoms with E-state index in [1.54, 1.807) is 0 Å². The molecule has 25 heavy (non-hydrogen) atoms. The van der Waals surface area contributed by atoms with Crippen molar-refractivity contribution in [2.45, 2.75) is 44.3 Å². The SMILES string of the molecule is CCCC(=O)Nc1nc2c(ncn2[C@@H]2O[C@H](CO)[C@@H](O)[C@H]2O)c(=O)[nH]1. The number of fused-ring (bicyclic) bond motifs is 1. The summed E-state index contributed by atoms with van der Waals surface area (Å²) in [6.45, 7) is 1.36. The van der Waals surface area contributed by atoms with Crippen LogP contribution in [0.15, 0.2) is 11.1 Å². The second-order valence-electron chi connectivity index (χ2n) is 5.77. The molecule has 0 spiro atoms. The van der Waals surface area contributed by atoms with Gasteiger partial charge < -0.3 is 20.1 Å². The minimum atomic E-state index is -1.34. The van der Waals surface area contributed by atoms with Gasteiger partial charge in [-0.3, -0.25) is 24.5 Å². The number of carbonyl (C=O) groups excluding carboxylic acids is 1. The highest BCUT2D eigenvalue weighted by atomic mass is 16.6. The summed E-state index contributed by atoms with van der Waals surface area (Å²) in [5.74, 6) is -0.353.